The van der Waals surface area contributed by atoms with Crippen LogP contribution in [0.2, 0.25) is 0 Å². The fourth-order valence-corrected chi connectivity index (χ4v) is 3.03. The molecule has 2 aromatic heterocycles. The monoisotopic (exact) mass is 344 g/mol. The minimum atomic E-state index is -0.237. The third-order valence-electron chi connectivity index (χ3n) is 4.45. The highest BCUT2D eigenvalue weighted by Crippen LogP contribution is 2.17. The van der Waals surface area contributed by atoms with Gasteiger partial charge in [-0.2, -0.15) is 0 Å². The van der Waals surface area contributed by atoms with Gasteiger partial charge in [0.25, 0.3) is 0 Å². The second-order valence-corrected chi connectivity index (χ2v) is 6.62. The molecule has 1 aliphatic heterocycles. The lowest BCUT2D eigenvalue weighted by atomic mass is 10.1. The first-order chi connectivity index (χ1) is 12.1. The number of hydrogen-bond acceptors (Lipinski definition) is 5. The number of ether oxygens (including phenoxy) is 1. The highest BCUT2D eigenvalue weighted by Gasteiger charge is 2.21. The summed E-state index contributed by atoms with van der Waals surface area (Å²) in [6.07, 6.45) is 5.54. The second-order valence-electron chi connectivity index (χ2n) is 6.62. The van der Waals surface area contributed by atoms with Crippen LogP contribution in [0.25, 0.3) is 0 Å². The van der Waals surface area contributed by atoms with Crippen molar-refractivity contribution in [1.29, 1.82) is 0 Å². The van der Waals surface area contributed by atoms with Crippen LogP contribution in [-0.4, -0.2) is 54.8 Å². The van der Waals surface area contributed by atoms with Gasteiger partial charge in [0.2, 0.25) is 0 Å². The van der Waals surface area contributed by atoms with Crippen LogP contribution in [0.1, 0.15) is 17.7 Å². The fourth-order valence-electron chi connectivity index (χ4n) is 3.03. The van der Waals surface area contributed by atoms with Gasteiger partial charge >= 0.3 is 0 Å². The first-order valence-electron chi connectivity index (χ1n) is 8.67. The van der Waals surface area contributed by atoms with E-state index in [0.717, 1.165) is 31.7 Å². The zero-order valence-corrected chi connectivity index (χ0v) is 14.9. The Morgan fingerprint density at radius 3 is 2.96 bits per heavy atom. The van der Waals surface area contributed by atoms with E-state index in [0.29, 0.717) is 18.8 Å². The van der Waals surface area contributed by atoms with Gasteiger partial charge in [0, 0.05) is 46.1 Å². The molecule has 134 valence electrons. The molecule has 0 amide bonds. The van der Waals surface area contributed by atoms with Crippen molar-refractivity contribution in [3.63, 3.8) is 0 Å². The normalized spacial score (nSPS) is 18.3. The lowest BCUT2D eigenvalue weighted by molar-refractivity contribution is -0.0352. The van der Waals surface area contributed by atoms with E-state index in [2.05, 4.69) is 27.0 Å². The maximum atomic E-state index is 13.8. The molecule has 3 heterocycles. The first kappa shape index (κ1) is 17.8. The van der Waals surface area contributed by atoms with Crippen molar-refractivity contribution in [3.8, 4) is 0 Å². The largest absolute Gasteiger partial charge is 0.376 e. The van der Waals surface area contributed by atoms with E-state index in [1.807, 2.05) is 25.2 Å². The van der Waals surface area contributed by atoms with Crippen LogP contribution in [0.3, 0.4) is 0 Å². The number of aryl methyl sites for hydroxylation is 1. The molecule has 1 saturated heterocycles. The summed E-state index contributed by atoms with van der Waals surface area (Å²) < 4.78 is 19.7. The third-order valence-corrected chi connectivity index (χ3v) is 4.45. The van der Waals surface area contributed by atoms with E-state index in [4.69, 9.17) is 4.74 Å². The van der Waals surface area contributed by atoms with Crippen molar-refractivity contribution in [2.75, 3.05) is 38.7 Å². The molecule has 0 unspecified atom stereocenters. The average molecular weight is 344 g/mol. The lowest BCUT2D eigenvalue weighted by Gasteiger charge is -2.32. The minimum Gasteiger partial charge on any atom is -0.376 e. The number of rotatable bonds is 6. The molecule has 25 heavy (non-hydrogen) atoms. The molecular weight excluding hydrogens is 319 g/mol. The SMILES string of the molecule is CN(C)c1cc(CC[C@@H]2CN(Cc3ncccc3F)CCO2)ccn1. The van der Waals surface area contributed by atoms with Crippen LogP contribution in [0, 0.1) is 5.82 Å². The Morgan fingerprint density at radius 2 is 2.16 bits per heavy atom. The first-order valence-corrected chi connectivity index (χ1v) is 8.67. The molecule has 0 saturated carbocycles. The number of morpholine rings is 1. The molecule has 5 nitrogen and oxygen atoms in total. The number of hydrogen-bond donors (Lipinski definition) is 0. The zero-order valence-electron chi connectivity index (χ0n) is 14.9. The number of pyridine rings is 2. The quantitative estimate of drug-likeness (QED) is 0.805. The summed E-state index contributed by atoms with van der Waals surface area (Å²) in [4.78, 5) is 12.7. The van der Waals surface area contributed by atoms with E-state index in [9.17, 15) is 4.39 Å². The molecule has 3 rings (SSSR count). The summed E-state index contributed by atoms with van der Waals surface area (Å²) in [6, 6.07) is 7.25. The number of halogens is 1. The van der Waals surface area contributed by atoms with Crippen LogP contribution in [0.15, 0.2) is 36.7 Å². The topological polar surface area (TPSA) is 41.5 Å². The molecule has 6 heteroatoms. The van der Waals surface area contributed by atoms with E-state index >= 15 is 0 Å². The van der Waals surface area contributed by atoms with Crippen molar-refractivity contribution in [2.45, 2.75) is 25.5 Å². The van der Waals surface area contributed by atoms with Crippen molar-refractivity contribution < 1.29 is 9.13 Å². The Morgan fingerprint density at radius 1 is 1.28 bits per heavy atom. The highest BCUT2D eigenvalue weighted by molar-refractivity contribution is 5.39. The van der Waals surface area contributed by atoms with Gasteiger partial charge in [0.05, 0.1) is 18.4 Å². The zero-order chi connectivity index (χ0) is 17.6. The molecule has 1 aliphatic rings. The molecule has 0 radical (unpaired) electrons. The van der Waals surface area contributed by atoms with Crippen molar-refractivity contribution in [1.82, 2.24) is 14.9 Å². The van der Waals surface area contributed by atoms with Crippen molar-refractivity contribution in [2.24, 2.45) is 0 Å². The molecule has 1 fully saturated rings. The van der Waals surface area contributed by atoms with E-state index < -0.39 is 0 Å². The molecular formula is C19H25FN4O. The molecule has 0 N–H and O–H groups in total. The third kappa shape index (κ3) is 4.96. The molecule has 0 aliphatic carbocycles. The van der Waals surface area contributed by atoms with Crippen LogP contribution in [0.5, 0.6) is 0 Å². The van der Waals surface area contributed by atoms with Gasteiger partial charge in [0.1, 0.15) is 11.6 Å². The molecule has 0 aromatic carbocycles. The minimum absolute atomic E-state index is 0.163. The van der Waals surface area contributed by atoms with E-state index in [1.165, 1.54) is 11.6 Å². The van der Waals surface area contributed by atoms with Gasteiger partial charge in [-0.25, -0.2) is 9.37 Å². The maximum absolute atomic E-state index is 13.8. The Kier molecular flexibility index (Phi) is 5.94. The second kappa shape index (κ2) is 8.36. The van der Waals surface area contributed by atoms with Crippen LogP contribution in [0.4, 0.5) is 10.2 Å². The number of anilines is 1. The van der Waals surface area contributed by atoms with Gasteiger partial charge in [-0.05, 0) is 42.7 Å². The van der Waals surface area contributed by atoms with Gasteiger partial charge in [-0.15, -0.1) is 0 Å². The van der Waals surface area contributed by atoms with Gasteiger partial charge in [0.15, 0.2) is 0 Å². The standard InChI is InChI=1S/C19H25FN4O/c1-23(2)19-12-15(7-9-22-19)5-6-16-13-24(10-11-25-16)14-18-17(20)4-3-8-21-18/h3-4,7-9,12,16H,5-6,10-11,13-14H2,1-2H3/t16-/m1/s1. The smallest absolute Gasteiger partial charge is 0.146 e. The summed E-state index contributed by atoms with van der Waals surface area (Å²) >= 11 is 0. The van der Waals surface area contributed by atoms with Crippen molar-refractivity contribution >= 4 is 5.82 Å². The summed E-state index contributed by atoms with van der Waals surface area (Å²) in [5.74, 6) is 0.729. The predicted octanol–water partition coefficient (Wildman–Crippen LogP) is 2.52. The fraction of sp³-hybridized carbons (Fsp3) is 0.474. The van der Waals surface area contributed by atoms with Crippen molar-refractivity contribution in [3.05, 3.63) is 53.7 Å². The predicted molar refractivity (Wildman–Crippen MR) is 96.1 cm³/mol. The molecule has 2 aromatic rings. The highest BCUT2D eigenvalue weighted by atomic mass is 19.1. The lowest BCUT2D eigenvalue weighted by Crippen LogP contribution is -2.42. The van der Waals surface area contributed by atoms with Gasteiger partial charge < -0.3 is 9.64 Å². The summed E-state index contributed by atoms with van der Waals surface area (Å²) in [7, 11) is 3.98. The molecule has 0 bridgehead atoms. The molecule has 1 atom stereocenters. The van der Waals surface area contributed by atoms with Gasteiger partial charge in [-0.1, -0.05) is 0 Å². The van der Waals surface area contributed by atoms with Gasteiger partial charge in [-0.3, -0.25) is 9.88 Å². The van der Waals surface area contributed by atoms with Crippen LogP contribution in [-0.2, 0) is 17.7 Å². The maximum Gasteiger partial charge on any atom is 0.146 e. The average Bonchev–Trinajstić information content (AvgIpc) is 2.62. The number of nitrogens with zero attached hydrogens (tertiary/aromatic N) is 4. The van der Waals surface area contributed by atoms with Crippen LogP contribution < -0.4 is 4.90 Å². The Bertz CT molecular complexity index is 695. The Balaban J connectivity index is 1.53. The summed E-state index contributed by atoms with van der Waals surface area (Å²) in [6.45, 7) is 2.83. The van der Waals surface area contributed by atoms with E-state index in [-0.39, 0.29) is 11.9 Å². The Labute approximate surface area is 148 Å². The van der Waals surface area contributed by atoms with E-state index in [1.54, 1.807) is 12.3 Å². The number of aromatic nitrogens is 2. The Hall–Kier alpha value is -2.05. The summed E-state index contributed by atoms with van der Waals surface area (Å²) in [5, 5.41) is 0. The summed E-state index contributed by atoms with van der Waals surface area (Å²) in [5.41, 5.74) is 1.77. The van der Waals surface area contributed by atoms with Crippen LogP contribution >= 0.6 is 0 Å². The molecule has 0 spiro atoms.